The van der Waals surface area contributed by atoms with E-state index in [4.69, 9.17) is 5.73 Å². The Hall–Kier alpha value is -1.72. The number of aliphatic carboxylic acids is 1. The van der Waals surface area contributed by atoms with Crippen LogP contribution in [0.5, 0.6) is 0 Å². The SMILES string of the molecule is CC(C)C(C)(C(=O)O)c1ccc(C(F)(F)F)cc1N. The van der Waals surface area contributed by atoms with Gasteiger partial charge in [0.25, 0.3) is 0 Å². The second-order valence-corrected chi connectivity index (χ2v) is 4.96. The lowest BCUT2D eigenvalue weighted by Gasteiger charge is -2.31. The van der Waals surface area contributed by atoms with Gasteiger partial charge in [-0.3, -0.25) is 4.79 Å². The smallest absolute Gasteiger partial charge is 0.416 e. The minimum Gasteiger partial charge on any atom is -0.481 e. The van der Waals surface area contributed by atoms with Crippen LogP contribution in [0.25, 0.3) is 0 Å². The van der Waals surface area contributed by atoms with Crippen LogP contribution in [0.2, 0.25) is 0 Å². The summed E-state index contributed by atoms with van der Waals surface area (Å²) in [6, 6.07) is 2.78. The Morgan fingerprint density at radius 3 is 2.16 bits per heavy atom. The molecule has 1 rings (SSSR count). The Morgan fingerprint density at radius 2 is 1.84 bits per heavy atom. The van der Waals surface area contributed by atoms with Gasteiger partial charge in [0.05, 0.1) is 11.0 Å². The van der Waals surface area contributed by atoms with Gasteiger partial charge in [-0.05, 0) is 30.5 Å². The summed E-state index contributed by atoms with van der Waals surface area (Å²) < 4.78 is 37.6. The largest absolute Gasteiger partial charge is 0.481 e. The zero-order valence-corrected chi connectivity index (χ0v) is 10.9. The van der Waals surface area contributed by atoms with Crippen molar-refractivity contribution in [1.29, 1.82) is 0 Å². The highest BCUT2D eigenvalue weighted by Crippen LogP contribution is 2.38. The van der Waals surface area contributed by atoms with Crippen LogP contribution in [0.4, 0.5) is 18.9 Å². The molecule has 0 fully saturated rings. The van der Waals surface area contributed by atoms with Crippen LogP contribution in [0.15, 0.2) is 18.2 Å². The molecule has 1 atom stereocenters. The molecule has 0 saturated carbocycles. The van der Waals surface area contributed by atoms with E-state index in [9.17, 15) is 23.1 Å². The number of rotatable bonds is 3. The number of nitrogens with two attached hydrogens (primary N) is 1. The number of carboxylic acid groups (broad SMARTS) is 1. The van der Waals surface area contributed by atoms with Gasteiger partial charge in [0.2, 0.25) is 0 Å². The zero-order valence-electron chi connectivity index (χ0n) is 10.9. The molecule has 3 nitrogen and oxygen atoms in total. The molecule has 19 heavy (non-hydrogen) atoms. The molecule has 0 aliphatic carbocycles. The first-order chi connectivity index (χ1) is 8.51. The molecule has 106 valence electrons. The predicted octanol–water partition coefficient (Wildman–Crippen LogP) is 3.29. The first kappa shape index (κ1) is 15.3. The van der Waals surface area contributed by atoms with E-state index in [1.54, 1.807) is 13.8 Å². The van der Waals surface area contributed by atoms with Crippen LogP contribution in [0.1, 0.15) is 31.9 Å². The third kappa shape index (κ3) is 2.67. The number of benzene rings is 1. The number of halogens is 3. The van der Waals surface area contributed by atoms with Crippen molar-refractivity contribution in [3.63, 3.8) is 0 Å². The third-order valence-electron chi connectivity index (χ3n) is 3.54. The molecule has 0 amide bonds. The summed E-state index contributed by atoms with van der Waals surface area (Å²) in [6.45, 7) is 4.83. The second-order valence-electron chi connectivity index (χ2n) is 4.96. The molecule has 1 unspecified atom stereocenters. The van der Waals surface area contributed by atoms with Gasteiger partial charge in [0, 0.05) is 5.69 Å². The molecule has 6 heteroatoms. The maximum Gasteiger partial charge on any atom is 0.416 e. The van der Waals surface area contributed by atoms with Gasteiger partial charge in [-0.25, -0.2) is 0 Å². The van der Waals surface area contributed by atoms with E-state index >= 15 is 0 Å². The van der Waals surface area contributed by atoms with Gasteiger partial charge >= 0.3 is 12.1 Å². The van der Waals surface area contributed by atoms with E-state index in [2.05, 4.69) is 0 Å². The Morgan fingerprint density at radius 1 is 1.32 bits per heavy atom. The fraction of sp³-hybridized carbons (Fsp3) is 0.462. The minimum atomic E-state index is -4.50. The van der Waals surface area contributed by atoms with Crippen molar-refractivity contribution in [2.24, 2.45) is 5.92 Å². The van der Waals surface area contributed by atoms with Gasteiger partial charge < -0.3 is 10.8 Å². The van der Waals surface area contributed by atoms with Crippen molar-refractivity contribution in [3.8, 4) is 0 Å². The van der Waals surface area contributed by atoms with Crippen LogP contribution in [-0.2, 0) is 16.4 Å². The molecule has 0 aliphatic rings. The zero-order chi connectivity index (χ0) is 15.0. The first-order valence-electron chi connectivity index (χ1n) is 5.71. The number of hydrogen-bond acceptors (Lipinski definition) is 2. The topological polar surface area (TPSA) is 63.3 Å². The molecular weight excluding hydrogens is 259 g/mol. The monoisotopic (exact) mass is 275 g/mol. The van der Waals surface area contributed by atoms with Gasteiger partial charge in [0.15, 0.2) is 0 Å². The van der Waals surface area contributed by atoms with E-state index in [0.717, 1.165) is 18.2 Å². The molecule has 0 aromatic heterocycles. The van der Waals surface area contributed by atoms with E-state index in [1.165, 1.54) is 6.92 Å². The lowest BCUT2D eigenvalue weighted by Crippen LogP contribution is -2.38. The Kier molecular flexibility index (Phi) is 3.84. The molecule has 0 bridgehead atoms. The Bertz CT molecular complexity index is 497. The number of nitrogen functional groups attached to an aromatic ring is 1. The van der Waals surface area contributed by atoms with Crippen LogP contribution in [-0.4, -0.2) is 11.1 Å². The van der Waals surface area contributed by atoms with Gasteiger partial charge in [-0.15, -0.1) is 0 Å². The summed E-state index contributed by atoms with van der Waals surface area (Å²) in [5.74, 6) is -1.43. The number of hydrogen-bond donors (Lipinski definition) is 2. The molecule has 0 aliphatic heterocycles. The summed E-state index contributed by atoms with van der Waals surface area (Å²) in [7, 11) is 0. The molecule has 0 heterocycles. The van der Waals surface area contributed by atoms with Crippen LogP contribution in [0.3, 0.4) is 0 Å². The summed E-state index contributed by atoms with van der Waals surface area (Å²) in [4.78, 5) is 11.4. The number of alkyl halides is 3. The summed E-state index contributed by atoms with van der Waals surface area (Å²) in [5.41, 5.74) is 3.45. The van der Waals surface area contributed by atoms with Crippen LogP contribution in [0, 0.1) is 5.92 Å². The highest BCUT2D eigenvalue weighted by molar-refractivity contribution is 5.83. The highest BCUT2D eigenvalue weighted by atomic mass is 19.4. The first-order valence-corrected chi connectivity index (χ1v) is 5.71. The van der Waals surface area contributed by atoms with Crippen molar-refractivity contribution in [2.45, 2.75) is 32.4 Å². The molecule has 0 spiro atoms. The minimum absolute atomic E-state index is 0.159. The quantitative estimate of drug-likeness (QED) is 0.832. The molecule has 0 saturated heterocycles. The van der Waals surface area contributed by atoms with Crippen molar-refractivity contribution in [1.82, 2.24) is 0 Å². The molecule has 1 aromatic carbocycles. The second kappa shape index (κ2) is 4.75. The van der Waals surface area contributed by atoms with Crippen molar-refractivity contribution < 1.29 is 23.1 Å². The van der Waals surface area contributed by atoms with Crippen molar-refractivity contribution in [2.75, 3.05) is 5.73 Å². The van der Waals surface area contributed by atoms with E-state index in [1.807, 2.05) is 0 Å². The molecular formula is C13H16F3NO2. The van der Waals surface area contributed by atoms with Gasteiger partial charge in [0.1, 0.15) is 0 Å². The average Bonchev–Trinajstić information content (AvgIpc) is 2.25. The Labute approximate surface area is 109 Å². The van der Waals surface area contributed by atoms with E-state index in [-0.39, 0.29) is 17.2 Å². The highest BCUT2D eigenvalue weighted by Gasteiger charge is 2.41. The average molecular weight is 275 g/mol. The van der Waals surface area contributed by atoms with E-state index < -0.39 is 23.1 Å². The fourth-order valence-corrected chi connectivity index (χ4v) is 1.89. The number of carbonyl (C=O) groups is 1. The summed E-state index contributed by atoms with van der Waals surface area (Å²) >= 11 is 0. The normalized spacial score (nSPS) is 15.3. The van der Waals surface area contributed by atoms with E-state index in [0.29, 0.717) is 0 Å². The molecule has 0 radical (unpaired) electrons. The lowest BCUT2D eigenvalue weighted by atomic mass is 9.72. The van der Waals surface area contributed by atoms with Gasteiger partial charge in [-0.1, -0.05) is 19.9 Å². The summed E-state index contributed by atoms with van der Waals surface area (Å²) in [5, 5.41) is 9.33. The number of carboxylic acids is 1. The third-order valence-corrected chi connectivity index (χ3v) is 3.54. The van der Waals surface area contributed by atoms with Crippen molar-refractivity contribution >= 4 is 11.7 Å². The van der Waals surface area contributed by atoms with Gasteiger partial charge in [-0.2, -0.15) is 13.2 Å². The predicted molar refractivity (Wildman–Crippen MR) is 65.7 cm³/mol. The fourth-order valence-electron chi connectivity index (χ4n) is 1.89. The summed E-state index contributed by atoms with van der Waals surface area (Å²) in [6.07, 6.45) is -4.50. The molecule has 1 aromatic rings. The van der Waals surface area contributed by atoms with Crippen LogP contribution >= 0.6 is 0 Å². The van der Waals surface area contributed by atoms with Crippen molar-refractivity contribution in [3.05, 3.63) is 29.3 Å². The molecule has 3 N–H and O–H groups in total. The standard InChI is InChI=1S/C13H16F3NO2/c1-7(2)12(3,11(18)19)9-5-4-8(6-10(9)17)13(14,15)16/h4-7H,17H2,1-3H3,(H,18,19). The lowest BCUT2D eigenvalue weighted by molar-refractivity contribution is -0.144. The maximum absolute atomic E-state index is 12.5. The maximum atomic E-state index is 12.5. The number of anilines is 1. The Balaban J connectivity index is 3.41. The van der Waals surface area contributed by atoms with Crippen LogP contribution < -0.4 is 5.73 Å².